The van der Waals surface area contributed by atoms with Crippen molar-refractivity contribution in [2.45, 2.75) is 20.0 Å². The number of benzene rings is 1. The SMILES string of the molecule is COC(c1noc(-c2ccc(I)c(O)c2)n1)C(C)C. The third kappa shape index (κ3) is 3.06. The summed E-state index contributed by atoms with van der Waals surface area (Å²) in [5, 5.41) is 13.6. The summed E-state index contributed by atoms with van der Waals surface area (Å²) in [5.74, 6) is 1.35. The fourth-order valence-corrected chi connectivity index (χ4v) is 2.12. The third-order valence-corrected chi connectivity index (χ3v) is 3.66. The zero-order valence-corrected chi connectivity index (χ0v) is 13.1. The molecular formula is C13H15IN2O3. The molecule has 0 aliphatic carbocycles. The van der Waals surface area contributed by atoms with Crippen LogP contribution in [0.25, 0.3) is 11.5 Å². The van der Waals surface area contributed by atoms with Crippen molar-refractivity contribution in [2.75, 3.05) is 7.11 Å². The largest absolute Gasteiger partial charge is 0.507 e. The second-order valence-corrected chi connectivity index (χ2v) is 5.69. The molecule has 1 aromatic heterocycles. The molecule has 1 N–H and O–H groups in total. The number of ether oxygens (including phenoxy) is 1. The highest BCUT2D eigenvalue weighted by atomic mass is 127. The lowest BCUT2D eigenvalue weighted by molar-refractivity contribution is 0.0556. The molecule has 19 heavy (non-hydrogen) atoms. The summed E-state index contributed by atoms with van der Waals surface area (Å²) in [5.41, 5.74) is 0.690. The fraction of sp³-hybridized carbons (Fsp3) is 0.385. The molecule has 5 nitrogen and oxygen atoms in total. The van der Waals surface area contributed by atoms with E-state index in [0.717, 1.165) is 3.57 Å². The number of aromatic hydroxyl groups is 1. The van der Waals surface area contributed by atoms with Gasteiger partial charge >= 0.3 is 0 Å². The van der Waals surface area contributed by atoms with Gasteiger partial charge in [-0.05, 0) is 46.7 Å². The van der Waals surface area contributed by atoms with Crippen LogP contribution in [0.2, 0.25) is 0 Å². The van der Waals surface area contributed by atoms with Crippen LogP contribution in [0.4, 0.5) is 0 Å². The van der Waals surface area contributed by atoms with Gasteiger partial charge in [0, 0.05) is 12.7 Å². The van der Waals surface area contributed by atoms with Gasteiger partial charge in [0.25, 0.3) is 5.89 Å². The van der Waals surface area contributed by atoms with Crippen LogP contribution in [-0.4, -0.2) is 22.4 Å². The number of halogens is 1. The van der Waals surface area contributed by atoms with E-state index in [-0.39, 0.29) is 17.8 Å². The van der Waals surface area contributed by atoms with Gasteiger partial charge in [0.05, 0.1) is 3.57 Å². The third-order valence-electron chi connectivity index (χ3n) is 2.75. The van der Waals surface area contributed by atoms with Gasteiger partial charge in [-0.2, -0.15) is 4.98 Å². The quantitative estimate of drug-likeness (QED) is 0.831. The summed E-state index contributed by atoms with van der Waals surface area (Å²) in [6.45, 7) is 4.06. The topological polar surface area (TPSA) is 68.4 Å². The number of hydrogen-bond donors (Lipinski definition) is 1. The van der Waals surface area contributed by atoms with E-state index in [9.17, 15) is 5.11 Å². The first-order chi connectivity index (χ1) is 9.02. The van der Waals surface area contributed by atoms with Crippen molar-refractivity contribution in [1.82, 2.24) is 10.1 Å². The Morgan fingerprint density at radius 2 is 2.11 bits per heavy atom. The normalized spacial score (nSPS) is 12.9. The molecule has 0 spiro atoms. The predicted octanol–water partition coefficient (Wildman–Crippen LogP) is 3.39. The van der Waals surface area contributed by atoms with Gasteiger partial charge < -0.3 is 14.4 Å². The highest BCUT2D eigenvalue weighted by Crippen LogP contribution is 2.28. The maximum absolute atomic E-state index is 9.69. The van der Waals surface area contributed by atoms with Crippen molar-refractivity contribution in [3.8, 4) is 17.2 Å². The first-order valence-corrected chi connectivity index (χ1v) is 6.96. The number of rotatable bonds is 4. The molecule has 0 aliphatic rings. The van der Waals surface area contributed by atoms with Crippen LogP contribution < -0.4 is 0 Å². The Morgan fingerprint density at radius 3 is 2.68 bits per heavy atom. The first-order valence-electron chi connectivity index (χ1n) is 5.88. The Morgan fingerprint density at radius 1 is 1.37 bits per heavy atom. The molecule has 6 heteroatoms. The Labute approximate surface area is 125 Å². The number of methoxy groups -OCH3 is 1. The van der Waals surface area contributed by atoms with Crippen LogP contribution in [-0.2, 0) is 4.74 Å². The van der Waals surface area contributed by atoms with Crippen LogP contribution >= 0.6 is 22.6 Å². The van der Waals surface area contributed by atoms with Crippen molar-refractivity contribution in [3.05, 3.63) is 27.6 Å². The molecule has 0 amide bonds. The molecule has 2 rings (SSSR count). The second kappa shape index (κ2) is 5.87. The zero-order chi connectivity index (χ0) is 14.0. The summed E-state index contributed by atoms with van der Waals surface area (Å²) >= 11 is 2.05. The van der Waals surface area contributed by atoms with Gasteiger partial charge in [-0.3, -0.25) is 0 Å². The smallest absolute Gasteiger partial charge is 0.258 e. The van der Waals surface area contributed by atoms with Crippen molar-refractivity contribution in [2.24, 2.45) is 5.92 Å². The minimum Gasteiger partial charge on any atom is -0.507 e. The first kappa shape index (κ1) is 14.3. The van der Waals surface area contributed by atoms with Gasteiger partial charge in [-0.1, -0.05) is 19.0 Å². The monoisotopic (exact) mass is 374 g/mol. The summed E-state index contributed by atoms with van der Waals surface area (Å²) in [7, 11) is 1.62. The molecule has 1 heterocycles. The van der Waals surface area contributed by atoms with Gasteiger partial charge in [0.15, 0.2) is 0 Å². The van der Waals surface area contributed by atoms with Crippen LogP contribution in [0, 0.1) is 9.49 Å². The zero-order valence-electron chi connectivity index (χ0n) is 10.9. The van der Waals surface area contributed by atoms with Crippen LogP contribution in [0.5, 0.6) is 5.75 Å². The van der Waals surface area contributed by atoms with E-state index < -0.39 is 0 Å². The molecule has 0 saturated carbocycles. The molecule has 1 atom stereocenters. The van der Waals surface area contributed by atoms with E-state index >= 15 is 0 Å². The van der Waals surface area contributed by atoms with E-state index in [4.69, 9.17) is 9.26 Å². The molecule has 1 unspecified atom stereocenters. The summed E-state index contributed by atoms with van der Waals surface area (Å²) in [6, 6.07) is 5.23. The number of phenolic OH excluding ortho intramolecular Hbond substituents is 1. The lowest BCUT2D eigenvalue weighted by Crippen LogP contribution is -2.10. The van der Waals surface area contributed by atoms with E-state index in [1.54, 1.807) is 19.2 Å². The van der Waals surface area contributed by atoms with E-state index in [2.05, 4.69) is 32.7 Å². The fourth-order valence-electron chi connectivity index (χ4n) is 1.79. The van der Waals surface area contributed by atoms with Gasteiger partial charge in [-0.25, -0.2) is 0 Å². The molecule has 0 radical (unpaired) electrons. The second-order valence-electron chi connectivity index (χ2n) is 4.52. The molecule has 2 aromatic rings. The number of phenols is 1. The van der Waals surface area contributed by atoms with Crippen molar-refractivity contribution in [1.29, 1.82) is 0 Å². The molecule has 0 aliphatic heterocycles. The summed E-state index contributed by atoms with van der Waals surface area (Å²) in [6.07, 6.45) is -0.199. The van der Waals surface area contributed by atoms with E-state index in [1.807, 2.05) is 19.9 Å². The Balaban J connectivity index is 2.32. The Kier molecular flexibility index (Phi) is 4.41. The van der Waals surface area contributed by atoms with Crippen LogP contribution in [0.3, 0.4) is 0 Å². The maximum atomic E-state index is 9.69. The summed E-state index contributed by atoms with van der Waals surface area (Å²) in [4.78, 5) is 4.33. The standard InChI is InChI=1S/C13H15IN2O3/c1-7(2)11(18-3)12-15-13(19-16-12)8-4-5-9(14)10(17)6-8/h4-7,11,17H,1-3H3. The van der Waals surface area contributed by atoms with E-state index in [1.165, 1.54) is 0 Å². The molecular weight excluding hydrogens is 359 g/mol. The molecule has 102 valence electrons. The molecule has 1 aromatic carbocycles. The van der Waals surface area contributed by atoms with E-state index in [0.29, 0.717) is 17.3 Å². The maximum Gasteiger partial charge on any atom is 0.258 e. The Bertz CT molecular complexity index is 569. The van der Waals surface area contributed by atoms with Crippen LogP contribution in [0.15, 0.2) is 22.7 Å². The van der Waals surface area contributed by atoms with Crippen LogP contribution in [0.1, 0.15) is 25.8 Å². The van der Waals surface area contributed by atoms with Crippen molar-refractivity contribution >= 4 is 22.6 Å². The van der Waals surface area contributed by atoms with Gasteiger partial charge in [0.2, 0.25) is 5.82 Å². The number of nitrogens with zero attached hydrogens (tertiary/aromatic N) is 2. The molecule has 0 fully saturated rings. The lowest BCUT2D eigenvalue weighted by atomic mass is 10.1. The van der Waals surface area contributed by atoms with Crippen molar-refractivity contribution < 1.29 is 14.4 Å². The van der Waals surface area contributed by atoms with Gasteiger partial charge in [-0.15, -0.1) is 0 Å². The average Bonchev–Trinajstić information content (AvgIpc) is 2.82. The average molecular weight is 374 g/mol. The lowest BCUT2D eigenvalue weighted by Gasteiger charge is -2.14. The minimum atomic E-state index is -0.199. The molecule has 0 saturated heterocycles. The number of hydrogen-bond acceptors (Lipinski definition) is 5. The van der Waals surface area contributed by atoms with Crippen molar-refractivity contribution in [3.63, 3.8) is 0 Å². The minimum absolute atomic E-state index is 0.199. The summed E-state index contributed by atoms with van der Waals surface area (Å²) < 4.78 is 11.4. The van der Waals surface area contributed by atoms with Gasteiger partial charge in [0.1, 0.15) is 11.9 Å². The highest BCUT2D eigenvalue weighted by Gasteiger charge is 2.22. The highest BCUT2D eigenvalue weighted by molar-refractivity contribution is 14.1. The number of aromatic nitrogens is 2. The predicted molar refractivity (Wildman–Crippen MR) is 78.7 cm³/mol. The molecule has 0 bridgehead atoms. The Hall–Kier alpha value is -1.15.